The van der Waals surface area contributed by atoms with E-state index in [0.29, 0.717) is 6.61 Å². The van der Waals surface area contributed by atoms with Gasteiger partial charge in [-0.05, 0) is 37.1 Å². The van der Waals surface area contributed by atoms with Crippen LogP contribution in [0.5, 0.6) is 5.75 Å². The zero-order chi connectivity index (χ0) is 13.7. The van der Waals surface area contributed by atoms with Crippen molar-refractivity contribution >= 4 is 0 Å². The van der Waals surface area contributed by atoms with Crippen LogP contribution in [-0.2, 0) is 0 Å². The minimum Gasteiger partial charge on any atom is -0.494 e. The lowest BCUT2D eigenvalue weighted by molar-refractivity contribution is 0.219. The SMILES string of the molecule is CCCOc1ccc(C(O)c2cccnc2C)cc1. The third-order valence-corrected chi connectivity index (χ3v) is 3.01. The molecule has 1 aromatic carbocycles. The highest BCUT2D eigenvalue weighted by molar-refractivity contribution is 5.35. The van der Waals surface area contributed by atoms with Gasteiger partial charge in [-0.25, -0.2) is 0 Å². The summed E-state index contributed by atoms with van der Waals surface area (Å²) < 4.78 is 5.53. The number of hydrogen-bond donors (Lipinski definition) is 1. The van der Waals surface area contributed by atoms with Crippen molar-refractivity contribution in [3.05, 3.63) is 59.4 Å². The molecule has 1 aromatic heterocycles. The second-order valence-corrected chi connectivity index (χ2v) is 4.50. The summed E-state index contributed by atoms with van der Waals surface area (Å²) >= 11 is 0. The molecule has 2 aromatic rings. The summed E-state index contributed by atoms with van der Waals surface area (Å²) in [6.07, 6.45) is 2.07. The Kier molecular flexibility index (Phi) is 4.53. The fourth-order valence-electron chi connectivity index (χ4n) is 1.93. The smallest absolute Gasteiger partial charge is 0.119 e. The Hall–Kier alpha value is -1.87. The first-order valence-electron chi connectivity index (χ1n) is 6.54. The molecule has 0 bridgehead atoms. The third-order valence-electron chi connectivity index (χ3n) is 3.01. The highest BCUT2D eigenvalue weighted by Crippen LogP contribution is 2.25. The first-order valence-corrected chi connectivity index (χ1v) is 6.54. The van der Waals surface area contributed by atoms with E-state index in [2.05, 4.69) is 11.9 Å². The van der Waals surface area contributed by atoms with Gasteiger partial charge in [-0.1, -0.05) is 25.1 Å². The predicted molar refractivity (Wildman–Crippen MR) is 75.3 cm³/mol. The molecule has 2 rings (SSSR count). The lowest BCUT2D eigenvalue weighted by atomic mass is 10.0. The average molecular weight is 257 g/mol. The Labute approximate surface area is 113 Å². The van der Waals surface area contributed by atoms with Gasteiger partial charge < -0.3 is 9.84 Å². The van der Waals surface area contributed by atoms with Crippen LogP contribution in [0.15, 0.2) is 42.6 Å². The van der Waals surface area contributed by atoms with Gasteiger partial charge in [0.25, 0.3) is 0 Å². The van der Waals surface area contributed by atoms with Crippen molar-refractivity contribution in [2.45, 2.75) is 26.4 Å². The molecule has 1 unspecified atom stereocenters. The average Bonchev–Trinajstić information content (AvgIpc) is 2.45. The summed E-state index contributed by atoms with van der Waals surface area (Å²) in [6.45, 7) is 4.68. The number of ether oxygens (including phenoxy) is 1. The molecular weight excluding hydrogens is 238 g/mol. The van der Waals surface area contributed by atoms with E-state index in [1.807, 2.05) is 43.3 Å². The van der Waals surface area contributed by atoms with Gasteiger partial charge in [0.05, 0.1) is 6.61 Å². The fourth-order valence-corrected chi connectivity index (χ4v) is 1.93. The minimum absolute atomic E-state index is 0.645. The van der Waals surface area contributed by atoms with E-state index in [4.69, 9.17) is 4.74 Å². The Morgan fingerprint density at radius 1 is 1.21 bits per heavy atom. The van der Waals surface area contributed by atoms with E-state index < -0.39 is 6.10 Å². The van der Waals surface area contributed by atoms with Gasteiger partial charge in [0, 0.05) is 17.5 Å². The van der Waals surface area contributed by atoms with Gasteiger partial charge in [0.15, 0.2) is 0 Å². The van der Waals surface area contributed by atoms with Crippen LogP contribution in [0, 0.1) is 6.92 Å². The fraction of sp³-hybridized carbons (Fsp3) is 0.312. The number of benzene rings is 1. The first kappa shape index (κ1) is 13.6. The highest BCUT2D eigenvalue weighted by atomic mass is 16.5. The summed E-state index contributed by atoms with van der Waals surface area (Å²) in [7, 11) is 0. The standard InChI is InChI=1S/C16H19NO2/c1-3-11-19-14-8-6-13(7-9-14)16(18)15-5-4-10-17-12(15)2/h4-10,16,18H,3,11H2,1-2H3. The van der Waals surface area contributed by atoms with E-state index >= 15 is 0 Å². The molecule has 0 aliphatic heterocycles. The van der Waals surface area contributed by atoms with Crippen molar-refractivity contribution in [3.8, 4) is 5.75 Å². The van der Waals surface area contributed by atoms with Crippen molar-refractivity contribution in [1.29, 1.82) is 0 Å². The zero-order valence-electron chi connectivity index (χ0n) is 11.3. The van der Waals surface area contributed by atoms with Gasteiger partial charge in [-0.15, -0.1) is 0 Å². The van der Waals surface area contributed by atoms with E-state index in [-0.39, 0.29) is 0 Å². The van der Waals surface area contributed by atoms with E-state index in [1.165, 1.54) is 0 Å². The quantitative estimate of drug-likeness (QED) is 0.894. The molecule has 1 heterocycles. The number of pyridine rings is 1. The van der Waals surface area contributed by atoms with Crippen LogP contribution in [0.3, 0.4) is 0 Å². The molecule has 0 aliphatic rings. The lowest BCUT2D eigenvalue weighted by Gasteiger charge is -2.14. The van der Waals surface area contributed by atoms with Crippen LogP contribution in [0.25, 0.3) is 0 Å². The largest absolute Gasteiger partial charge is 0.494 e. The number of nitrogens with zero attached hydrogens (tertiary/aromatic N) is 1. The number of aliphatic hydroxyl groups is 1. The molecule has 1 N–H and O–H groups in total. The molecule has 0 fully saturated rings. The molecule has 1 atom stereocenters. The Morgan fingerprint density at radius 2 is 1.95 bits per heavy atom. The molecule has 0 saturated heterocycles. The molecule has 0 radical (unpaired) electrons. The Balaban J connectivity index is 2.16. The Morgan fingerprint density at radius 3 is 2.58 bits per heavy atom. The molecule has 0 saturated carbocycles. The molecule has 19 heavy (non-hydrogen) atoms. The van der Waals surface area contributed by atoms with Crippen LogP contribution in [0.1, 0.15) is 36.3 Å². The normalized spacial score (nSPS) is 12.2. The summed E-state index contributed by atoms with van der Waals surface area (Å²) in [4.78, 5) is 4.20. The van der Waals surface area contributed by atoms with Crippen molar-refractivity contribution in [2.24, 2.45) is 0 Å². The molecule has 3 heteroatoms. The third kappa shape index (κ3) is 3.32. The van der Waals surface area contributed by atoms with Gasteiger partial charge in [-0.2, -0.15) is 0 Å². The summed E-state index contributed by atoms with van der Waals surface area (Å²) in [5.41, 5.74) is 2.53. The van der Waals surface area contributed by atoms with Gasteiger partial charge in [0.2, 0.25) is 0 Å². The second kappa shape index (κ2) is 6.34. The number of hydrogen-bond acceptors (Lipinski definition) is 3. The van der Waals surface area contributed by atoms with E-state index in [9.17, 15) is 5.11 Å². The second-order valence-electron chi connectivity index (χ2n) is 4.50. The van der Waals surface area contributed by atoms with Crippen molar-refractivity contribution in [1.82, 2.24) is 4.98 Å². The zero-order valence-corrected chi connectivity index (χ0v) is 11.3. The van der Waals surface area contributed by atoms with Crippen molar-refractivity contribution < 1.29 is 9.84 Å². The summed E-state index contributed by atoms with van der Waals surface area (Å²) in [5.74, 6) is 0.834. The number of rotatable bonds is 5. The monoisotopic (exact) mass is 257 g/mol. The number of aromatic nitrogens is 1. The van der Waals surface area contributed by atoms with E-state index in [1.54, 1.807) is 6.20 Å². The maximum atomic E-state index is 10.4. The molecular formula is C16H19NO2. The molecule has 100 valence electrons. The highest BCUT2D eigenvalue weighted by Gasteiger charge is 2.13. The number of aryl methyl sites for hydroxylation is 1. The maximum absolute atomic E-state index is 10.4. The van der Waals surface area contributed by atoms with Gasteiger partial charge in [0.1, 0.15) is 11.9 Å². The lowest BCUT2D eigenvalue weighted by Crippen LogP contribution is -2.03. The van der Waals surface area contributed by atoms with Crippen molar-refractivity contribution in [2.75, 3.05) is 6.61 Å². The van der Waals surface area contributed by atoms with Crippen LogP contribution in [-0.4, -0.2) is 16.7 Å². The summed E-state index contributed by atoms with van der Waals surface area (Å²) in [6, 6.07) is 11.3. The van der Waals surface area contributed by atoms with Crippen LogP contribution >= 0.6 is 0 Å². The summed E-state index contributed by atoms with van der Waals surface area (Å²) in [5, 5.41) is 10.4. The van der Waals surface area contributed by atoms with Crippen molar-refractivity contribution in [3.63, 3.8) is 0 Å². The molecule has 0 spiro atoms. The minimum atomic E-state index is -0.645. The van der Waals surface area contributed by atoms with Crippen LogP contribution < -0.4 is 4.74 Å². The molecule has 0 aliphatic carbocycles. The first-order chi connectivity index (χ1) is 9.22. The Bertz CT molecular complexity index is 523. The van der Waals surface area contributed by atoms with Gasteiger partial charge >= 0.3 is 0 Å². The maximum Gasteiger partial charge on any atom is 0.119 e. The van der Waals surface area contributed by atoms with Gasteiger partial charge in [-0.3, -0.25) is 4.98 Å². The number of aliphatic hydroxyl groups excluding tert-OH is 1. The van der Waals surface area contributed by atoms with Crippen LogP contribution in [0.2, 0.25) is 0 Å². The van der Waals surface area contributed by atoms with E-state index in [0.717, 1.165) is 29.0 Å². The molecule has 0 amide bonds. The topological polar surface area (TPSA) is 42.4 Å². The van der Waals surface area contributed by atoms with Crippen LogP contribution in [0.4, 0.5) is 0 Å². The molecule has 3 nitrogen and oxygen atoms in total. The predicted octanol–water partition coefficient (Wildman–Crippen LogP) is 3.26.